The molecule has 0 bridgehead atoms. The molecule has 1 atom stereocenters. The van der Waals surface area contributed by atoms with Crippen LogP contribution in [0.2, 0.25) is 10.0 Å². The van der Waals surface area contributed by atoms with Crippen LogP contribution >= 0.6 is 23.2 Å². The molecule has 0 aromatic heterocycles. The molecule has 1 heterocycles. The second-order valence-corrected chi connectivity index (χ2v) is 8.36. The Morgan fingerprint density at radius 1 is 0.867 bits per heavy atom. The summed E-state index contributed by atoms with van der Waals surface area (Å²) in [7, 11) is 0. The molecule has 3 aromatic rings. The predicted octanol–water partition coefficient (Wildman–Crippen LogP) is 5.96. The standard InChI is InChI=1S/C25H26Cl2N2O/c26-20-11-12-21(23(27)17-20)25(29-15-6-13-28-14-16-29)22-9-4-5-10-24(22)30-18-19-7-2-1-3-8-19/h1-5,7-12,17,25,28H,6,13-16,18H2. The maximum atomic E-state index is 6.69. The highest BCUT2D eigenvalue weighted by Gasteiger charge is 2.27. The van der Waals surface area contributed by atoms with Gasteiger partial charge in [-0.25, -0.2) is 0 Å². The highest BCUT2D eigenvalue weighted by atomic mass is 35.5. The highest BCUT2D eigenvalue weighted by Crippen LogP contribution is 2.39. The first-order valence-electron chi connectivity index (χ1n) is 10.4. The van der Waals surface area contributed by atoms with Crippen LogP contribution in [0.15, 0.2) is 72.8 Å². The lowest BCUT2D eigenvalue weighted by molar-refractivity contribution is 0.230. The fraction of sp³-hybridized carbons (Fsp3) is 0.280. The average Bonchev–Trinajstić information content (AvgIpc) is 3.05. The smallest absolute Gasteiger partial charge is 0.124 e. The van der Waals surface area contributed by atoms with Crippen molar-refractivity contribution in [1.29, 1.82) is 0 Å². The van der Waals surface area contributed by atoms with Crippen molar-refractivity contribution in [2.24, 2.45) is 0 Å². The third kappa shape index (κ3) is 5.16. The summed E-state index contributed by atoms with van der Waals surface area (Å²) in [6, 6.07) is 24.3. The van der Waals surface area contributed by atoms with E-state index in [-0.39, 0.29) is 6.04 Å². The summed E-state index contributed by atoms with van der Waals surface area (Å²) < 4.78 is 6.30. The van der Waals surface area contributed by atoms with Gasteiger partial charge in [-0.3, -0.25) is 4.90 Å². The van der Waals surface area contributed by atoms with E-state index in [1.165, 1.54) is 0 Å². The molecule has 3 aromatic carbocycles. The van der Waals surface area contributed by atoms with Gasteiger partial charge in [-0.2, -0.15) is 0 Å². The van der Waals surface area contributed by atoms with Crippen LogP contribution in [0.5, 0.6) is 5.75 Å². The Morgan fingerprint density at radius 2 is 1.67 bits per heavy atom. The number of rotatable bonds is 6. The Hall–Kier alpha value is -2.04. The van der Waals surface area contributed by atoms with Gasteiger partial charge in [0, 0.05) is 35.2 Å². The number of para-hydroxylation sites is 1. The first-order valence-corrected chi connectivity index (χ1v) is 11.1. The first-order chi connectivity index (χ1) is 14.7. The highest BCUT2D eigenvalue weighted by molar-refractivity contribution is 6.35. The van der Waals surface area contributed by atoms with Gasteiger partial charge < -0.3 is 10.1 Å². The zero-order valence-corrected chi connectivity index (χ0v) is 18.4. The first kappa shape index (κ1) is 21.2. The van der Waals surface area contributed by atoms with Crippen molar-refractivity contribution in [2.45, 2.75) is 19.1 Å². The minimum absolute atomic E-state index is 0.00152. The van der Waals surface area contributed by atoms with Gasteiger partial charge in [0.25, 0.3) is 0 Å². The van der Waals surface area contributed by atoms with Crippen LogP contribution in [-0.2, 0) is 6.61 Å². The van der Waals surface area contributed by atoms with Crippen LogP contribution in [0.1, 0.15) is 29.2 Å². The van der Waals surface area contributed by atoms with Crippen LogP contribution in [0, 0.1) is 0 Å². The van der Waals surface area contributed by atoms with Crippen molar-refractivity contribution in [2.75, 3.05) is 26.2 Å². The Balaban J connectivity index is 1.71. The van der Waals surface area contributed by atoms with Crippen LogP contribution in [0.25, 0.3) is 0 Å². The van der Waals surface area contributed by atoms with Gasteiger partial charge in [0.1, 0.15) is 12.4 Å². The number of nitrogens with zero attached hydrogens (tertiary/aromatic N) is 1. The summed E-state index contributed by atoms with van der Waals surface area (Å²) in [5, 5.41) is 4.82. The Labute approximate surface area is 188 Å². The largest absolute Gasteiger partial charge is 0.489 e. The number of nitrogens with one attached hydrogen (secondary N) is 1. The normalized spacial score (nSPS) is 16.1. The lowest BCUT2D eigenvalue weighted by Gasteiger charge is -2.33. The van der Waals surface area contributed by atoms with Gasteiger partial charge in [0.2, 0.25) is 0 Å². The minimum atomic E-state index is 0.00152. The Kier molecular flexibility index (Phi) is 7.29. The van der Waals surface area contributed by atoms with E-state index in [0.29, 0.717) is 16.7 Å². The fourth-order valence-corrected chi connectivity index (χ4v) is 4.49. The molecule has 0 aliphatic carbocycles. The number of ether oxygens (including phenoxy) is 1. The summed E-state index contributed by atoms with van der Waals surface area (Å²) in [4.78, 5) is 2.49. The molecule has 4 rings (SSSR count). The molecule has 0 radical (unpaired) electrons. The molecule has 0 amide bonds. The third-order valence-electron chi connectivity index (χ3n) is 5.45. The Morgan fingerprint density at radius 3 is 2.50 bits per heavy atom. The molecule has 0 saturated carbocycles. The Bertz CT molecular complexity index is 956. The van der Waals surface area contributed by atoms with Crippen LogP contribution < -0.4 is 10.1 Å². The monoisotopic (exact) mass is 440 g/mol. The molecule has 0 spiro atoms. The molecule has 5 heteroatoms. The van der Waals surface area contributed by atoms with Gasteiger partial charge >= 0.3 is 0 Å². The van der Waals surface area contributed by atoms with Crippen molar-refractivity contribution in [3.63, 3.8) is 0 Å². The second kappa shape index (κ2) is 10.3. The molecule has 1 N–H and O–H groups in total. The number of hydrogen-bond donors (Lipinski definition) is 1. The second-order valence-electron chi connectivity index (χ2n) is 7.52. The summed E-state index contributed by atoms with van der Waals surface area (Å²) in [5.74, 6) is 0.884. The van der Waals surface area contributed by atoms with Gasteiger partial charge in [-0.1, -0.05) is 77.8 Å². The van der Waals surface area contributed by atoms with Crippen molar-refractivity contribution in [3.05, 3.63) is 99.5 Å². The zero-order valence-electron chi connectivity index (χ0n) is 16.9. The molecule has 1 aliphatic rings. The summed E-state index contributed by atoms with van der Waals surface area (Å²) in [6.45, 7) is 4.44. The van der Waals surface area contributed by atoms with E-state index in [1.807, 2.05) is 48.5 Å². The van der Waals surface area contributed by atoms with E-state index in [1.54, 1.807) is 0 Å². The molecule has 30 heavy (non-hydrogen) atoms. The SMILES string of the molecule is Clc1ccc(C(c2ccccc2OCc2ccccc2)N2CCCNCC2)c(Cl)c1. The summed E-state index contributed by atoms with van der Waals surface area (Å²) in [5.41, 5.74) is 3.32. The van der Waals surface area contributed by atoms with E-state index in [2.05, 4.69) is 34.5 Å². The van der Waals surface area contributed by atoms with Crippen molar-refractivity contribution < 1.29 is 4.74 Å². The lowest BCUT2D eigenvalue weighted by Crippen LogP contribution is -2.33. The average molecular weight is 441 g/mol. The van der Waals surface area contributed by atoms with E-state index in [4.69, 9.17) is 27.9 Å². The van der Waals surface area contributed by atoms with Crippen molar-refractivity contribution in [3.8, 4) is 5.75 Å². The summed E-state index contributed by atoms with van der Waals surface area (Å²) in [6.07, 6.45) is 1.09. The van der Waals surface area contributed by atoms with E-state index in [0.717, 1.165) is 55.0 Å². The fourth-order valence-electron chi connectivity index (χ4n) is 3.98. The van der Waals surface area contributed by atoms with E-state index >= 15 is 0 Å². The van der Waals surface area contributed by atoms with Gasteiger partial charge in [0.15, 0.2) is 0 Å². The van der Waals surface area contributed by atoms with Gasteiger partial charge in [0.05, 0.1) is 6.04 Å². The molecule has 156 valence electrons. The third-order valence-corrected chi connectivity index (χ3v) is 6.01. The molecule has 3 nitrogen and oxygen atoms in total. The molecular weight excluding hydrogens is 415 g/mol. The van der Waals surface area contributed by atoms with E-state index in [9.17, 15) is 0 Å². The van der Waals surface area contributed by atoms with Crippen molar-refractivity contribution in [1.82, 2.24) is 10.2 Å². The topological polar surface area (TPSA) is 24.5 Å². The maximum absolute atomic E-state index is 6.69. The quantitative estimate of drug-likeness (QED) is 0.511. The number of hydrogen-bond acceptors (Lipinski definition) is 3. The summed E-state index contributed by atoms with van der Waals surface area (Å²) >= 11 is 12.9. The molecule has 1 fully saturated rings. The van der Waals surface area contributed by atoms with Crippen LogP contribution in [-0.4, -0.2) is 31.1 Å². The zero-order chi connectivity index (χ0) is 20.8. The van der Waals surface area contributed by atoms with Crippen LogP contribution in [0.3, 0.4) is 0 Å². The lowest BCUT2D eigenvalue weighted by atomic mass is 9.95. The van der Waals surface area contributed by atoms with Gasteiger partial charge in [-0.15, -0.1) is 0 Å². The molecule has 1 saturated heterocycles. The van der Waals surface area contributed by atoms with Crippen molar-refractivity contribution >= 4 is 23.2 Å². The van der Waals surface area contributed by atoms with Gasteiger partial charge in [-0.05, 0) is 42.3 Å². The van der Waals surface area contributed by atoms with Crippen LogP contribution in [0.4, 0.5) is 0 Å². The number of benzene rings is 3. The molecule has 1 unspecified atom stereocenters. The van der Waals surface area contributed by atoms with E-state index < -0.39 is 0 Å². The molecular formula is C25H26Cl2N2O. The maximum Gasteiger partial charge on any atom is 0.124 e. The minimum Gasteiger partial charge on any atom is -0.489 e. The number of halogens is 2. The predicted molar refractivity (Wildman–Crippen MR) is 125 cm³/mol. The molecule has 1 aliphatic heterocycles.